The molecule has 1 aromatic rings. The molecule has 0 radical (unpaired) electrons. The van der Waals surface area contributed by atoms with E-state index in [4.69, 9.17) is 4.74 Å². The lowest BCUT2D eigenvalue weighted by Gasteiger charge is -2.06. The standard InChI is InChI=1S/C11H11FN2O5/c1-18-6-2-3-7(8(12)4-6)10(16)19-5-9(15)14-11(13)17/h2-4H,5H2,1H3,(H3,13,14,15,17). The Morgan fingerprint density at radius 1 is 1.37 bits per heavy atom. The highest BCUT2D eigenvalue weighted by Crippen LogP contribution is 2.16. The zero-order valence-electron chi connectivity index (χ0n) is 9.94. The normalized spacial score (nSPS) is 9.58. The molecule has 0 aromatic heterocycles. The summed E-state index contributed by atoms with van der Waals surface area (Å²) in [6.45, 7) is -0.743. The zero-order chi connectivity index (χ0) is 14.4. The van der Waals surface area contributed by atoms with Crippen LogP contribution in [0.5, 0.6) is 5.75 Å². The molecule has 0 aliphatic heterocycles. The largest absolute Gasteiger partial charge is 0.497 e. The third-order valence-electron chi connectivity index (χ3n) is 1.99. The number of primary amides is 1. The van der Waals surface area contributed by atoms with Gasteiger partial charge in [0.2, 0.25) is 0 Å². The van der Waals surface area contributed by atoms with E-state index < -0.39 is 30.3 Å². The predicted octanol–water partition coefficient (Wildman–Crippen LogP) is 0.186. The highest BCUT2D eigenvalue weighted by Gasteiger charge is 2.15. The Bertz CT molecular complexity index is 518. The minimum Gasteiger partial charge on any atom is -0.497 e. The maximum atomic E-state index is 13.5. The van der Waals surface area contributed by atoms with E-state index in [0.717, 1.165) is 12.1 Å². The second kappa shape index (κ2) is 6.34. The van der Waals surface area contributed by atoms with Gasteiger partial charge in [-0.1, -0.05) is 0 Å². The molecule has 0 saturated carbocycles. The second-order valence-corrected chi connectivity index (χ2v) is 3.33. The number of hydrogen-bond donors (Lipinski definition) is 2. The summed E-state index contributed by atoms with van der Waals surface area (Å²) in [6, 6.07) is 2.45. The molecule has 1 aromatic carbocycles. The summed E-state index contributed by atoms with van der Waals surface area (Å²) in [6.07, 6.45) is 0. The van der Waals surface area contributed by atoms with Crippen molar-refractivity contribution in [3.63, 3.8) is 0 Å². The first kappa shape index (κ1) is 14.4. The molecule has 1 rings (SSSR count). The summed E-state index contributed by atoms with van der Waals surface area (Å²) < 4.78 is 22.7. The average Bonchev–Trinajstić information content (AvgIpc) is 2.35. The van der Waals surface area contributed by atoms with Crippen molar-refractivity contribution >= 4 is 17.9 Å². The Hall–Kier alpha value is -2.64. The van der Waals surface area contributed by atoms with E-state index >= 15 is 0 Å². The van der Waals surface area contributed by atoms with Gasteiger partial charge in [0.25, 0.3) is 5.91 Å². The lowest BCUT2D eigenvalue weighted by molar-refractivity contribution is -0.123. The van der Waals surface area contributed by atoms with Gasteiger partial charge in [0.1, 0.15) is 11.6 Å². The minimum absolute atomic E-state index is 0.237. The number of benzene rings is 1. The Morgan fingerprint density at radius 2 is 2.05 bits per heavy atom. The number of ether oxygens (including phenoxy) is 2. The first-order valence-corrected chi connectivity index (χ1v) is 5.04. The van der Waals surface area contributed by atoms with Crippen molar-refractivity contribution in [1.82, 2.24) is 5.32 Å². The van der Waals surface area contributed by atoms with Gasteiger partial charge in [0.05, 0.1) is 12.7 Å². The second-order valence-electron chi connectivity index (χ2n) is 3.33. The van der Waals surface area contributed by atoms with E-state index in [-0.39, 0.29) is 11.3 Å². The molecule has 0 aliphatic rings. The Labute approximate surface area is 107 Å². The summed E-state index contributed by atoms with van der Waals surface area (Å²) >= 11 is 0. The molecule has 102 valence electrons. The molecule has 7 nitrogen and oxygen atoms in total. The van der Waals surface area contributed by atoms with Crippen LogP contribution in [0.3, 0.4) is 0 Å². The van der Waals surface area contributed by atoms with Crippen LogP contribution in [0, 0.1) is 5.82 Å². The van der Waals surface area contributed by atoms with Gasteiger partial charge >= 0.3 is 12.0 Å². The van der Waals surface area contributed by atoms with Gasteiger partial charge < -0.3 is 15.2 Å². The van der Waals surface area contributed by atoms with Gasteiger partial charge in [-0.05, 0) is 12.1 Å². The molecule has 3 amide bonds. The van der Waals surface area contributed by atoms with E-state index in [1.165, 1.54) is 13.2 Å². The van der Waals surface area contributed by atoms with Crippen molar-refractivity contribution < 1.29 is 28.2 Å². The fraction of sp³-hybridized carbons (Fsp3) is 0.182. The maximum absolute atomic E-state index is 13.5. The Balaban J connectivity index is 2.63. The Kier molecular flexibility index (Phi) is 4.81. The van der Waals surface area contributed by atoms with Crippen LogP contribution in [0.25, 0.3) is 0 Å². The van der Waals surface area contributed by atoms with Crippen molar-refractivity contribution in [2.45, 2.75) is 0 Å². The van der Waals surface area contributed by atoms with Crippen molar-refractivity contribution in [3.8, 4) is 5.75 Å². The van der Waals surface area contributed by atoms with Crippen molar-refractivity contribution in [2.75, 3.05) is 13.7 Å². The molecular weight excluding hydrogens is 259 g/mol. The third kappa shape index (κ3) is 4.26. The molecule has 0 saturated heterocycles. The monoisotopic (exact) mass is 270 g/mol. The quantitative estimate of drug-likeness (QED) is 0.759. The minimum atomic E-state index is -1.07. The number of carbonyl (C=O) groups excluding carboxylic acids is 3. The number of amides is 3. The summed E-state index contributed by atoms with van der Waals surface area (Å²) in [5.41, 5.74) is 4.33. The molecule has 0 spiro atoms. The number of esters is 1. The van der Waals surface area contributed by atoms with Crippen LogP contribution in [0.2, 0.25) is 0 Å². The van der Waals surface area contributed by atoms with Crippen LogP contribution >= 0.6 is 0 Å². The smallest absolute Gasteiger partial charge is 0.341 e. The molecule has 8 heteroatoms. The van der Waals surface area contributed by atoms with E-state index in [0.29, 0.717) is 0 Å². The summed E-state index contributed by atoms with van der Waals surface area (Å²) in [4.78, 5) is 32.8. The number of rotatable bonds is 4. The molecule has 0 heterocycles. The number of methoxy groups -OCH3 is 1. The van der Waals surface area contributed by atoms with Crippen LogP contribution < -0.4 is 15.8 Å². The number of urea groups is 1. The molecule has 0 unspecified atom stereocenters. The maximum Gasteiger partial charge on any atom is 0.341 e. The molecule has 19 heavy (non-hydrogen) atoms. The molecule has 0 bridgehead atoms. The summed E-state index contributed by atoms with van der Waals surface area (Å²) in [7, 11) is 1.35. The fourth-order valence-electron chi connectivity index (χ4n) is 1.17. The number of carbonyl (C=O) groups is 3. The summed E-state index contributed by atoms with van der Waals surface area (Å²) in [5.74, 6) is -2.56. The fourth-order valence-corrected chi connectivity index (χ4v) is 1.17. The average molecular weight is 270 g/mol. The van der Waals surface area contributed by atoms with Gasteiger partial charge in [0, 0.05) is 6.07 Å². The van der Waals surface area contributed by atoms with Gasteiger partial charge in [-0.15, -0.1) is 0 Å². The highest BCUT2D eigenvalue weighted by molar-refractivity contribution is 5.96. The Morgan fingerprint density at radius 3 is 2.58 bits per heavy atom. The third-order valence-corrected chi connectivity index (χ3v) is 1.99. The zero-order valence-corrected chi connectivity index (χ0v) is 9.94. The molecular formula is C11H11FN2O5. The van der Waals surface area contributed by atoms with Crippen molar-refractivity contribution in [3.05, 3.63) is 29.6 Å². The lowest BCUT2D eigenvalue weighted by atomic mass is 10.2. The predicted molar refractivity (Wildman–Crippen MR) is 61.0 cm³/mol. The molecule has 3 N–H and O–H groups in total. The molecule has 0 fully saturated rings. The van der Waals surface area contributed by atoms with Crippen molar-refractivity contribution in [1.29, 1.82) is 0 Å². The lowest BCUT2D eigenvalue weighted by Crippen LogP contribution is -2.37. The number of imide groups is 1. The van der Waals surface area contributed by atoms with Crippen LogP contribution in [0.15, 0.2) is 18.2 Å². The van der Waals surface area contributed by atoms with E-state index in [1.54, 1.807) is 5.32 Å². The van der Waals surface area contributed by atoms with Gasteiger partial charge in [-0.25, -0.2) is 14.0 Å². The van der Waals surface area contributed by atoms with Crippen LogP contribution in [-0.4, -0.2) is 31.6 Å². The SMILES string of the molecule is COc1ccc(C(=O)OCC(=O)NC(N)=O)c(F)c1. The number of nitrogens with two attached hydrogens (primary N) is 1. The van der Waals surface area contributed by atoms with Gasteiger partial charge in [-0.3, -0.25) is 10.1 Å². The van der Waals surface area contributed by atoms with E-state index in [1.807, 2.05) is 0 Å². The highest BCUT2D eigenvalue weighted by atomic mass is 19.1. The summed E-state index contributed by atoms with van der Waals surface area (Å²) in [5, 5.41) is 1.69. The topological polar surface area (TPSA) is 108 Å². The van der Waals surface area contributed by atoms with E-state index in [2.05, 4.69) is 10.5 Å². The number of hydrogen-bond acceptors (Lipinski definition) is 5. The van der Waals surface area contributed by atoms with Crippen molar-refractivity contribution in [2.24, 2.45) is 5.73 Å². The van der Waals surface area contributed by atoms with E-state index in [9.17, 15) is 18.8 Å². The number of nitrogens with one attached hydrogen (secondary N) is 1. The van der Waals surface area contributed by atoms with Gasteiger partial charge in [-0.2, -0.15) is 0 Å². The first-order valence-electron chi connectivity index (χ1n) is 5.04. The first-order chi connectivity index (χ1) is 8.93. The van der Waals surface area contributed by atoms with Crippen LogP contribution in [0.4, 0.5) is 9.18 Å². The van der Waals surface area contributed by atoms with Crippen LogP contribution in [-0.2, 0) is 9.53 Å². The number of halogens is 1. The van der Waals surface area contributed by atoms with Crippen LogP contribution in [0.1, 0.15) is 10.4 Å². The van der Waals surface area contributed by atoms with Gasteiger partial charge in [0.15, 0.2) is 6.61 Å². The molecule has 0 atom stereocenters. The molecule has 0 aliphatic carbocycles.